The Morgan fingerprint density at radius 2 is 2.12 bits per heavy atom. The van der Waals surface area contributed by atoms with Crippen molar-refractivity contribution in [2.45, 2.75) is 39.7 Å². The van der Waals surface area contributed by atoms with Gasteiger partial charge in [-0.25, -0.2) is 9.97 Å². The fourth-order valence-electron chi connectivity index (χ4n) is 1.86. The van der Waals surface area contributed by atoms with Crippen LogP contribution in [0, 0.1) is 0 Å². The number of nitrogens with zero attached hydrogens (tertiary/aromatic N) is 3. The average molecular weight is 236 g/mol. The number of anilines is 1. The second-order valence-corrected chi connectivity index (χ2v) is 4.31. The van der Waals surface area contributed by atoms with Crippen LogP contribution in [0.15, 0.2) is 18.6 Å². The van der Waals surface area contributed by atoms with Crippen molar-refractivity contribution in [2.24, 2.45) is 0 Å². The molecule has 0 saturated carbocycles. The van der Waals surface area contributed by atoms with Crippen LogP contribution in [-0.2, 0) is 0 Å². The van der Waals surface area contributed by atoms with Crippen molar-refractivity contribution in [1.29, 1.82) is 0 Å². The fraction of sp³-hybridized carbons (Fsp3) is 0.692. The van der Waals surface area contributed by atoms with Gasteiger partial charge in [0.15, 0.2) is 0 Å². The van der Waals surface area contributed by atoms with Crippen LogP contribution in [-0.4, -0.2) is 40.5 Å². The zero-order valence-electron chi connectivity index (χ0n) is 11.2. The highest BCUT2D eigenvalue weighted by Gasteiger charge is 2.04. The minimum atomic E-state index is 0.459. The van der Waals surface area contributed by atoms with E-state index in [-0.39, 0.29) is 0 Å². The summed E-state index contributed by atoms with van der Waals surface area (Å²) in [6, 6.07) is 2.36. The standard InChI is InChI=1S/C13H24N4/c1-4-17(5-2)10-6-7-12(3)16-13-8-9-14-11-15-13/h8-9,11-12H,4-7,10H2,1-3H3,(H,14,15,16). The molecule has 96 valence electrons. The van der Waals surface area contributed by atoms with Crippen molar-refractivity contribution in [3.8, 4) is 0 Å². The molecule has 0 saturated heterocycles. The van der Waals surface area contributed by atoms with E-state index in [2.05, 4.69) is 41.0 Å². The highest BCUT2D eigenvalue weighted by atomic mass is 15.1. The van der Waals surface area contributed by atoms with Crippen molar-refractivity contribution in [2.75, 3.05) is 25.0 Å². The number of nitrogens with one attached hydrogen (secondary N) is 1. The monoisotopic (exact) mass is 236 g/mol. The maximum atomic E-state index is 4.16. The molecule has 0 bridgehead atoms. The molecule has 1 heterocycles. The molecule has 1 rings (SSSR count). The molecule has 4 heteroatoms. The van der Waals surface area contributed by atoms with E-state index in [0.29, 0.717) is 6.04 Å². The van der Waals surface area contributed by atoms with Crippen molar-refractivity contribution in [3.05, 3.63) is 18.6 Å². The second kappa shape index (κ2) is 8.01. The Morgan fingerprint density at radius 3 is 2.71 bits per heavy atom. The van der Waals surface area contributed by atoms with Crippen LogP contribution in [0.5, 0.6) is 0 Å². The van der Waals surface area contributed by atoms with E-state index in [0.717, 1.165) is 18.9 Å². The van der Waals surface area contributed by atoms with E-state index in [1.807, 2.05) is 6.07 Å². The summed E-state index contributed by atoms with van der Waals surface area (Å²) < 4.78 is 0. The molecule has 4 nitrogen and oxygen atoms in total. The summed E-state index contributed by atoms with van der Waals surface area (Å²) in [6.07, 6.45) is 5.73. The van der Waals surface area contributed by atoms with E-state index in [4.69, 9.17) is 0 Å². The maximum Gasteiger partial charge on any atom is 0.129 e. The zero-order chi connectivity index (χ0) is 12.5. The molecule has 0 aliphatic heterocycles. The van der Waals surface area contributed by atoms with Gasteiger partial charge in [0.2, 0.25) is 0 Å². The summed E-state index contributed by atoms with van der Waals surface area (Å²) in [5.74, 6) is 0.912. The minimum absolute atomic E-state index is 0.459. The SMILES string of the molecule is CCN(CC)CCCC(C)Nc1ccncn1. The van der Waals surface area contributed by atoms with Crippen molar-refractivity contribution < 1.29 is 0 Å². The number of hydrogen-bond acceptors (Lipinski definition) is 4. The molecule has 0 aliphatic rings. The highest BCUT2D eigenvalue weighted by molar-refractivity contribution is 5.32. The first-order valence-corrected chi connectivity index (χ1v) is 6.51. The lowest BCUT2D eigenvalue weighted by Gasteiger charge is -2.19. The first-order valence-electron chi connectivity index (χ1n) is 6.51. The predicted molar refractivity (Wildman–Crippen MR) is 72.1 cm³/mol. The number of rotatable bonds is 8. The van der Waals surface area contributed by atoms with Gasteiger partial charge in [0.05, 0.1) is 0 Å². The smallest absolute Gasteiger partial charge is 0.129 e. The van der Waals surface area contributed by atoms with Crippen LogP contribution in [0.4, 0.5) is 5.82 Å². The van der Waals surface area contributed by atoms with E-state index in [1.165, 1.54) is 19.4 Å². The Balaban J connectivity index is 2.19. The molecule has 0 aliphatic carbocycles. The normalized spacial score (nSPS) is 12.7. The Labute approximate surface area is 104 Å². The lowest BCUT2D eigenvalue weighted by Crippen LogP contribution is -2.25. The molecule has 0 radical (unpaired) electrons. The van der Waals surface area contributed by atoms with E-state index >= 15 is 0 Å². The number of hydrogen-bond donors (Lipinski definition) is 1. The molecule has 0 amide bonds. The van der Waals surface area contributed by atoms with Gasteiger partial charge in [-0.15, -0.1) is 0 Å². The van der Waals surface area contributed by atoms with Crippen LogP contribution in [0.25, 0.3) is 0 Å². The molecule has 0 fully saturated rings. The number of aromatic nitrogens is 2. The first kappa shape index (κ1) is 13.9. The van der Waals surface area contributed by atoms with Gasteiger partial charge < -0.3 is 10.2 Å². The summed E-state index contributed by atoms with van der Waals surface area (Å²) in [5.41, 5.74) is 0. The van der Waals surface area contributed by atoms with Crippen LogP contribution < -0.4 is 5.32 Å². The molecule has 1 N–H and O–H groups in total. The Kier molecular flexibility index (Phi) is 6.55. The maximum absolute atomic E-state index is 4.16. The van der Waals surface area contributed by atoms with Crippen LogP contribution in [0.2, 0.25) is 0 Å². The summed E-state index contributed by atoms with van der Waals surface area (Å²) in [6.45, 7) is 10.1. The quantitative estimate of drug-likeness (QED) is 0.752. The summed E-state index contributed by atoms with van der Waals surface area (Å²) in [4.78, 5) is 10.5. The zero-order valence-corrected chi connectivity index (χ0v) is 11.2. The van der Waals surface area contributed by atoms with Gasteiger partial charge in [-0.1, -0.05) is 13.8 Å². The molecule has 1 aromatic rings. The Bertz CT molecular complexity index is 285. The van der Waals surface area contributed by atoms with Crippen LogP contribution in [0.1, 0.15) is 33.6 Å². The van der Waals surface area contributed by atoms with E-state index < -0.39 is 0 Å². The van der Waals surface area contributed by atoms with Gasteiger partial charge in [0.25, 0.3) is 0 Å². The lowest BCUT2D eigenvalue weighted by atomic mass is 10.1. The van der Waals surface area contributed by atoms with Crippen LogP contribution in [0.3, 0.4) is 0 Å². The van der Waals surface area contributed by atoms with Crippen molar-refractivity contribution in [3.63, 3.8) is 0 Å². The molecule has 0 aromatic carbocycles. The largest absolute Gasteiger partial charge is 0.368 e. The summed E-state index contributed by atoms with van der Waals surface area (Å²) in [5, 5.41) is 3.38. The molecular formula is C13H24N4. The summed E-state index contributed by atoms with van der Waals surface area (Å²) >= 11 is 0. The van der Waals surface area contributed by atoms with Gasteiger partial charge in [-0.05, 0) is 45.5 Å². The highest BCUT2D eigenvalue weighted by Crippen LogP contribution is 2.06. The first-order chi connectivity index (χ1) is 8.26. The molecule has 1 aromatic heterocycles. The second-order valence-electron chi connectivity index (χ2n) is 4.31. The minimum Gasteiger partial charge on any atom is -0.368 e. The third-order valence-corrected chi connectivity index (χ3v) is 2.98. The Hall–Kier alpha value is -1.16. The van der Waals surface area contributed by atoms with E-state index in [1.54, 1.807) is 12.5 Å². The third-order valence-electron chi connectivity index (χ3n) is 2.98. The predicted octanol–water partition coefficient (Wildman–Crippen LogP) is 2.40. The molecule has 0 spiro atoms. The van der Waals surface area contributed by atoms with Gasteiger partial charge in [-0.2, -0.15) is 0 Å². The molecular weight excluding hydrogens is 212 g/mol. The van der Waals surface area contributed by atoms with Crippen molar-refractivity contribution >= 4 is 5.82 Å². The van der Waals surface area contributed by atoms with Gasteiger partial charge >= 0.3 is 0 Å². The summed E-state index contributed by atoms with van der Waals surface area (Å²) in [7, 11) is 0. The Morgan fingerprint density at radius 1 is 1.35 bits per heavy atom. The third kappa shape index (κ3) is 5.63. The van der Waals surface area contributed by atoms with Gasteiger partial charge in [0, 0.05) is 12.2 Å². The van der Waals surface area contributed by atoms with E-state index in [9.17, 15) is 0 Å². The van der Waals surface area contributed by atoms with Gasteiger partial charge in [-0.3, -0.25) is 0 Å². The topological polar surface area (TPSA) is 41.0 Å². The molecule has 17 heavy (non-hydrogen) atoms. The average Bonchev–Trinajstić information content (AvgIpc) is 2.36. The van der Waals surface area contributed by atoms with Crippen LogP contribution >= 0.6 is 0 Å². The lowest BCUT2D eigenvalue weighted by molar-refractivity contribution is 0.295. The molecule has 1 atom stereocenters. The fourth-order valence-corrected chi connectivity index (χ4v) is 1.86. The van der Waals surface area contributed by atoms with Crippen molar-refractivity contribution in [1.82, 2.24) is 14.9 Å². The molecule has 1 unspecified atom stereocenters. The van der Waals surface area contributed by atoms with Gasteiger partial charge in [0.1, 0.15) is 12.1 Å².